The molecule has 2 aromatic heterocycles. The SMILES string of the molecule is NC(=O)c1cc(-c2cccnc2[C@H](Cc2cc(F)cc(F)c2)NC(=O)Cn2nc3c(c2C(F)(F)F)CNC3)ccc1F. The van der Waals surface area contributed by atoms with E-state index in [2.05, 4.69) is 20.7 Å². The van der Waals surface area contributed by atoms with Crippen molar-refractivity contribution in [1.29, 1.82) is 0 Å². The third-order valence-electron chi connectivity index (χ3n) is 6.70. The van der Waals surface area contributed by atoms with E-state index in [4.69, 9.17) is 5.73 Å². The van der Waals surface area contributed by atoms with E-state index in [1.54, 1.807) is 6.07 Å². The molecule has 1 atom stereocenters. The molecule has 4 N–H and O–H groups in total. The lowest BCUT2D eigenvalue weighted by molar-refractivity contribution is -0.145. The summed E-state index contributed by atoms with van der Waals surface area (Å²) in [5.41, 5.74) is 4.81. The highest BCUT2D eigenvalue weighted by Gasteiger charge is 2.41. The van der Waals surface area contributed by atoms with E-state index in [9.17, 15) is 35.9 Å². The van der Waals surface area contributed by atoms with E-state index in [1.807, 2.05) is 0 Å². The summed E-state index contributed by atoms with van der Waals surface area (Å²) in [4.78, 5) is 29.3. The molecular formula is C28H22F6N6O2. The van der Waals surface area contributed by atoms with Crippen molar-refractivity contribution in [3.63, 3.8) is 0 Å². The van der Waals surface area contributed by atoms with Crippen LogP contribution in [0.2, 0.25) is 0 Å². The molecule has 2 aromatic carbocycles. The Morgan fingerprint density at radius 3 is 2.48 bits per heavy atom. The van der Waals surface area contributed by atoms with Crippen LogP contribution >= 0.6 is 0 Å². The number of carbonyl (C=O) groups is 2. The van der Waals surface area contributed by atoms with Gasteiger partial charge >= 0.3 is 6.18 Å². The summed E-state index contributed by atoms with van der Waals surface area (Å²) in [6, 6.07) is 8.26. The number of halogens is 6. The first-order valence-corrected chi connectivity index (χ1v) is 12.6. The molecule has 1 aliphatic heterocycles. The predicted octanol–water partition coefficient (Wildman–Crippen LogP) is 4.18. The van der Waals surface area contributed by atoms with Crippen LogP contribution in [0.4, 0.5) is 26.3 Å². The maximum absolute atomic E-state index is 14.2. The Morgan fingerprint density at radius 2 is 1.79 bits per heavy atom. The van der Waals surface area contributed by atoms with Gasteiger partial charge in [0.2, 0.25) is 5.91 Å². The minimum atomic E-state index is -4.78. The van der Waals surface area contributed by atoms with Crippen LogP contribution in [0.25, 0.3) is 11.1 Å². The van der Waals surface area contributed by atoms with Gasteiger partial charge in [-0.3, -0.25) is 19.3 Å². The maximum Gasteiger partial charge on any atom is 0.433 e. The molecule has 0 saturated heterocycles. The predicted molar refractivity (Wildman–Crippen MR) is 137 cm³/mol. The van der Waals surface area contributed by atoms with E-state index < -0.39 is 59.3 Å². The van der Waals surface area contributed by atoms with Crippen LogP contribution in [-0.2, 0) is 37.0 Å². The number of carbonyl (C=O) groups excluding carboxylic acids is 2. The average Bonchev–Trinajstić information content (AvgIpc) is 3.48. The number of rotatable bonds is 8. The van der Waals surface area contributed by atoms with Crippen molar-refractivity contribution in [2.45, 2.75) is 38.3 Å². The number of nitrogens with one attached hydrogen (secondary N) is 2. The largest absolute Gasteiger partial charge is 0.433 e. The molecule has 8 nitrogen and oxygen atoms in total. The number of hydrogen-bond acceptors (Lipinski definition) is 5. The summed E-state index contributed by atoms with van der Waals surface area (Å²) in [6.45, 7) is -0.745. The van der Waals surface area contributed by atoms with Gasteiger partial charge in [-0.2, -0.15) is 18.3 Å². The summed E-state index contributed by atoms with van der Waals surface area (Å²) in [5.74, 6) is -4.53. The highest BCUT2D eigenvalue weighted by molar-refractivity contribution is 5.94. The third kappa shape index (κ3) is 5.98. The summed E-state index contributed by atoms with van der Waals surface area (Å²) in [7, 11) is 0. The lowest BCUT2D eigenvalue weighted by Crippen LogP contribution is -2.35. The zero-order chi connectivity index (χ0) is 30.2. The smallest absolute Gasteiger partial charge is 0.366 e. The molecule has 0 unspecified atom stereocenters. The number of nitrogens with zero attached hydrogens (tertiary/aromatic N) is 3. The Labute approximate surface area is 234 Å². The Balaban J connectivity index is 1.53. The number of pyridine rings is 1. The highest BCUT2D eigenvalue weighted by atomic mass is 19.4. The molecule has 42 heavy (non-hydrogen) atoms. The van der Waals surface area contributed by atoms with Gasteiger partial charge in [-0.15, -0.1) is 0 Å². The van der Waals surface area contributed by atoms with Crippen LogP contribution in [-0.4, -0.2) is 26.6 Å². The summed E-state index contributed by atoms with van der Waals surface area (Å²) in [6.07, 6.45) is -3.63. The number of amides is 2. The molecule has 0 bridgehead atoms. The molecule has 0 aliphatic carbocycles. The lowest BCUT2D eigenvalue weighted by atomic mass is 9.94. The zero-order valence-corrected chi connectivity index (χ0v) is 21.6. The van der Waals surface area contributed by atoms with Gasteiger partial charge in [0.05, 0.1) is 23.0 Å². The number of benzene rings is 2. The lowest BCUT2D eigenvalue weighted by Gasteiger charge is -2.22. The standard InChI is InChI=1S/C28H22F6N6O2/c29-16-6-14(7-17(30)10-16)8-22(25-18(2-1-5-37-25)15-3-4-21(31)19(9-15)27(35)42)38-24(41)13-40-26(28(32,33)34)20-11-36-12-23(20)39-40/h1-7,9-10,22,36H,8,11-13H2,(H2,35,42)(H,38,41)/t22-/m0/s1. The molecule has 2 amide bonds. The van der Waals surface area contributed by atoms with Crippen molar-refractivity contribution in [3.8, 4) is 11.1 Å². The molecule has 4 aromatic rings. The number of fused-ring (bicyclic) bond motifs is 1. The highest BCUT2D eigenvalue weighted by Crippen LogP contribution is 2.35. The number of alkyl halides is 3. The Hall–Kier alpha value is -4.72. The van der Waals surface area contributed by atoms with Crippen LogP contribution in [0.1, 0.15) is 44.6 Å². The van der Waals surface area contributed by atoms with Gasteiger partial charge in [0.25, 0.3) is 5.91 Å². The molecule has 0 radical (unpaired) electrons. The Bertz CT molecular complexity index is 1670. The fourth-order valence-electron chi connectivity index (χ4n) is 4.99. The Morgan fingerprint density at radius 1 is 1.05 bits per heavy atom. The van der Waals surface area contributed by atoms with Crippen LogP contribution in [0.3, 0.4) is 0 Å². The second-order valence-corrected chi connectivity index (χ2v) is 9.63. The topological polar surface area (TPSA) is 115 Å². The minimum absolute atomic E-state index is 0.0457. The second kappa shape index (κ2) is 11.3. The van der Waals surface area contributed by atoms with Crippen molar-refractivity contribution in [1.82, 2.24) is 25.4 Å². The van der Waals surface area contributed by atoms with Gasteiger partial charge in [-0.05, 0) is 47.9 Å². The molecule has 5 rings (SSSR count). The van der Waals surface area contributed by atoms with Gasteiger partial charge in [0.15, 0.2) is 0 Å². The van der Waals surface area contributed by atoms with Crippen LogP contribution in [0.5, 0.6) is 0 Å². The fraction of sp³-hybridized carbons (Fsp3) is 0.214. The zero-order valence-electron chi connectivity index (χ0n) is 21.6. The summed E-state index contributed by atoms with van der Waals surface area (Å²) >= 11 is 0. The Kier molecular flexibility index (Phi) is 7.73. The van der Waals surface area contributed by atoms with Crippen LogP contribution in [0, 0.1) is 17.5 Å². The third-order valence-corrected chi connectivity index (χ3v) is 6.70. The van der Waals surface area contributed by atoms with Gasteiger partial charge < -0.3 is 16.4 Å². The minimum Gasteiger partial charge on any atom is -0.366 e. The molecule has 0 fully saturated rings. The number of hydrogen-bond donors (Lipinski definition) is 3. The molecular weight excluding hydrogens is 566 g/mol. The molecule has 218 valence electrons. The number of nitrogens with two attached hydrogens (primary N) is 1. The van der Waals surface area contributed by atoms with E-state index >= 15 is 0 Å². The molecule has 14 heteroatoms. The number of primary amides is 1. The molecule has 0 saturated carbocycles. The van der Waals surface area contributed by atoms with Crippen LogP contribution < -0.4 is 16.4 Å². The van der Waals surface area contributed by atoms with Crippen molar-refractivity contribution >= 4 is 11.8 Å². The van der Waals surface area contributed by atoms with Gasteiger partial charge in [0.1, 0.15) is 29.7 Å². The second-order valence-electron chi connectivity index (χ2n) is 9.63. The maximum atomic E-state index is 14.2. The first kappa shape index (κ1) is 28.8. The van der Waals surface area contributed by atoms with E-state index in [-0.39, 0.29) is 47.6 Å². The van der Waals surface area contributed by atoms with E-state index in [0.29, 0.717) is 16.3 Å². The van der Waals surface area contributed by atoms with Crippen LogP contribution in [0.15, 0.2) is 54.7 Å². The first-order chi connectivity index (χ1) is 19.9. The average molecular weight is 589 g/mol. The van der Waals surface area contributed by atoms with E-state index in [0.717, 1.165) is 18.2 Å². The summed E-state index contributed by atoms with van der Waals surface area (Å²) < 4.78 is 84.4. The van der Waals surface area contributed by atoms with Gasteiger partial charge in [-0.25, -0.2) is 13.2 Å². The monoisotopic (exact) mass is 588 g/mol. The molecule has 3 heterocycles. The number of aromatic nitrogens is 3. The van der Waals surface area contributed by atoms with Gasteiger partial charge in [-0.1, -0.05) is 12.1 Å². The van der Waals surface area contributed by atoms with Crippen molar-refractivity contribution < 1.29 is 35.9 Å². The molecule has 1 aliphatic rings. The fourth-order valence-corrected chi connectivity index (χ4v) is 4.99. The normalized spacial score (nSPS) is 13.6. The van der Waals surface area contributed by atoms with Crippen molar-refractivity contribution in [2.24, 2.45) is 5.73 Å². The van der Waals surface area contributed by atoms with Gasteiger partial charge in [0, 0.05) is 36.5 Å². The van der Waals surface area contributed by atoms with Crippen molar-refractivity contribution in [3.05, 3.63) is 106 Å². The summed E-state index contributed by atoms with van der Waals surface area (Å²) in [5, 5.41) is 9.37. The molecule has 0 spiro atoms. The van der Waals surface area contributed by atoms with E-state index in [1.165, 1.54) is 24.4 Å². The van der Waals surface area contributed by atoms with Crippen molar-refractivity contribution in [2.75, 3.05) is 0 Å². The quantitative estimate of drug-likeness (QED) is 0.267. The first-order valence-electron chi connectivity index (χ1n) is 12.6.